The zero-order valence-electron chi connectivity index (χ0n) is 57.2. The van der Waals surface area contributed by atoms with Gasteiger partial charge in [0.25, 0.3) is 0 Å². The zero-order valence-corrected chi connectivity index (χ0v) is 61.7. The van der Waals surface area contributed by atoms with E-state index in [0.29, 0.717) is 89.0 Å². The Hall–Kier alpha value is -6.19. The summed E-state index contributed by atoms with van der Waals surface area (Å²) >= 11 is 37.7. The third-order valence-electron chi connectivity index (χ3n) is 20.5. The molecule has 0 unspecified atom stereocenters. The molecule has 6 aliphatic rings. The summed E-state index contributed by atoms with van der Waals surface area (Å²) in [6.45, 7) is 23.8. The van der Waals surface area contributed by atoms with E-state index < -0.39 is 17.2 Å². The van der Waals surface area contributed by atoms with Crippen molar-refractivity contribution in [2.75, 3.05) is 59.7 Å². The molecule has 3 aliphatic carbocycles. The molecule has 3 saturated carbocycles. The monoisotopic (exact) mass is 1440 g/mol. The second kappa shape index (κ2) is 29.9. The summed E-state index contributed by atoms with van der Waals surface area (Å²) < 4.78 is 11.0. The number of aromatic nitrogens is 6. The number of alkyl carbamates (subject to hydrolysis) is 2. The van der Waals surface area contributed by atoms with E-state index in [9.17, 15) is 19.5 Å². The van der Waals surface area contributed by atoms with Gasteiger partial charge in [0.05, 0.1) is 70.0 Å². The number of rotatable bonds is 9. The molecule has 19 nitrogen and oxygen atoms in total. The summed E-state index contributed by atoms with van der Waals surface area (Å²) in [5.41, 5.74) is 18.9. The Labute approximate surface area is 600 Å². The number of nitrogens with two attached hydrogens (primary N) is 2. The van der Waals surface area contributed by atoms with Gasteiger partial charge in [-0.3, -0.25) is 0 Å². The van der Waals surface area contributed by atoms with Crippen LogP contribution in [0.4, 0.5) is 32.9 Å². The Morgan fingerprint density at radius 3 is 1.24 bits per heavy atom. The summed E-state index contributed by atoms with van der Waals surface area (Å²) in [6, 6.07) is 16.7. The van der Waals surface area contributed by atoms with E-state index in [0.717, 1.165) is 155 Å². The topological polar surface area (TPSA) is 253 Å². The molecule has 2 amide bonds. The predicted molar refractivity (Wildman–Crippen MR) is 390 cm³/mol. The van der Waals surface area contributed by atoms with Crippen molar-refractivity contribution in [2.24, 2.45) is 22.0 Å². The van der Waals surface area contributed by atoms with E-state index in [4.69, 9.17) is 105 Å². The van der Waals surface area contributed by atoms with Gasteiger partial charge in [-0.25, -0.2) is 44.3 Å². The summed E-state index contributed by atoms with van der Waals surface area (Å²) in [6.07, 6.45) is 15.0. The number of nitrogens with zero attached hydrogens (tertiary/aromatic N) is 9. The zero-order chi connectivity index (χ0) is 70.1. The second-order valence-corrected chi connectivity index (χ2v) is 31.5. The number of hydrogen-bond acceptors (Lipinski definition) is 16. The number of nitrogens with one attached hydrogen (secondary N) is 2. The van der Waals surface area contributed by atoms with Crippen molar-refractivity contribution >= 4 is 111 Å². The number of carbonyl (C=O) groups is 3. The molecule has 0 radical (unpaired) electrons. The van der Waals surface area contributed by atoms with Crippen molar-refractivity contribution in [1.82, 2.24) is 40.5 Å². The second-order valence-electron chi connectivity index (χ2n) is 29.1. The normalized spacial score (nSPS) is 20.3. The Morgan fingerprint density at radius 2 is 0.835 bits per heavy atom. The Balaban J connectivity index is 0.000000160. The van der Waals surface area contributed by atoms with Gasteiger partial charge in [0.2, 0.25) is 0 Å². The lowest BCUT2D eigenvalue weighted by Gasteiger charge is -2.44. The summed E-state index contributed by atoms with van der Waals surface area (Å²) in [7, 11) is 0. The molecule has 522 valence electrons. The van der Waals surface area contributed by atoms with Crippen LogP contribution in [0.5, 0.6) is 0 Å². The highest BCUT2D eigenvalue weighted by molar-refractivity contribution is 6.45. The Kier molecular flexibility index (Phi) is 22.7. The number of benzene rings is 3. The lowest BCUT2D eigenvalue weighted by molar-refractivity contribution is 0.0431. The number of carbonyl (C=O) groups excluding carboxylic acids is 2. The molecule has 6 fully saturated rings. The van der Waals surface area contributed by atoms with Crippen LogP contribution in [0.15, 0.2) is 54.6 Å². The third kappa shape index (κ3) is 16.5. The minimum absolute atomic E-state index is 0.0342. The molecule has 3 atom stereocenters. The number of amides is 2. The van der Waals surface area contributed by atoms with E-state index in [1.807, 2.05) is 91.5 Å². The lowest BCUT2D eigenvalue weighted by atomic mass is 9.74. The molecular weight excluding hydrogens is 1360 g/mol. The van der Waals surface area contributed by atoms with Gasteiger partial charge in [0, 0.05) is 74.1 Å². The summed E-state index contributed by atoms with van der Waals surface area (Å²) in [4.78, 5) is 72.0. The highest BCUT2D eigenvalue weighted by atomic mass is 35.5. The number of halogens is 6. The van der Waals surface area contributed by atoms with Gasteiger partial charge in [0.1, 0.15) is 17.0 Å². The smallest absolute Gasteiger partial charge is 0.407 e. The van der Waals surface area contributed by atoms with Crippen LogP contribution in [0.2, 0.25) is 30.1 Å². The molecule has 3 spiro atoms. The molecule has 6 aromatic rings. The molecule has 3 saturated heterocycles. The first-order valence-electron chi connectivity index (χ1n) is 33.7. The van der Waals surface area contributed by atoms with Gasteiger partial charge in [-0.1, -0.05) is 125 Å². The van der Waals surface area contributed by atoms with E-state index in [1.165, 1.54) is 12.8 Å². The molecule has 0 bridgehead atoms. The van der Waals surface area contributed by atoms with E-state index >= 15 is 0 Å². The summed E-state index contributed by atoms with van der Waals surface area (Å²) in [5.74, 6) is 1.31. The van der Waals surface area contributed by atoms with Crippen LogP contribution in [0, 0.1) is 43.9 Å². The van der Waals surface area contributed by atoms with E-state index in [1.54, 1.807) is 37.3 Å². The maximum Gasteiger partial charge on any atom is 0.407 e. The molecule has 3 aliphatic heterocycles. The average molecular weight is 1450 g/mol. The van der Waals surface area contributed by atoms with Gasteiger partial charge in [-0.05, 0) is 181 Å². The first kappa shape index (κ1) is 73.5. The Morgan fingerprint density at radius 1 is 0.485 bits per heavy atom. The SMILES string of the molecule is Cc1nc(N2CCC3(CCC[C@H]3N)CC2)c(N)nc1-c1cccc(Cl)c1Cl.Cc1nc(N2CCC3(CCC[C@H]3NC(=O)OC(C)(C)C)CC2)c(C(=O)O)nc1-c1cccc(Cl)c1Cl.Cc1nc(N2CCC3(CCC[C@H]3NC(=O)OC(C)(C)C)CC2)c(C)nc1-c1cccc(Cl)c1Cl. The van der Waals surface area contributed by atoms with Gasteiger partial charge in [-0.2, -0.15) is 0 Å². The number of carboxylic acid groups (broad SMARTS) is 1. The Bertz CT molecular complexity index is 3900. The largest absolute Gasteiger partial charge is 0.476 e. The standard InChI is InChI=1S/C26H32Cl2N4O4.C26H34Cl2N4O2.C20H25Cl2N5/c1-15-20(16-7-5-8-17(27)19(16)28)31-21(23(33)34)22(29-15)32-13-11-26(12-14-32)10-6-9-18(26)30-24(35)36-25(2,3)4;1-16-22(18-8-6-9-19(27)21(18)28)29-17(2)23(30-16)32-14-12-26(13-15-32)11-7-10-20(26)31-24(33)34-25(3,4)5;1-12-17(13-4-2-5-14(21)16(13)22)26-18(24)19(25-12)27-10-8-20(9-11-27)7-3-6-15(20)23/h5,7-8,18H,6,9-14H2,1-4H3,(H,30,35)(H,33,34);6,8-9,20H,7,10-15H2,1-5H3,(H,31,33);2,4-5,15H,3,6-11,23H2,1H3,(H2,24,26)/t18-;20-;15-/m111/s1. The fourth-order valence-corrected chi connectivity index (χ4v) is 16.6. The van der Waals surface area contributed by atoms with Crippen molar-refractivity contribution in [3.05, 3.63) is 113 Å². The van der Waals surface area contributed by atoms with Crippen molar-refractivity contribution in [3.63, 3.8) is 0 Å². The number of ether oxygens (including phenoxy) is 2. The first-order chi connectivity index (χ1) is 45.8. The third-order valence-corrected chi connectivity index (χ3v) is 23.0. The number of nitrogen functional groups attached to an aromatic ring is 1. The number of carboxylic acids is 1. The van der Waals surface area contributed by atoms with Crippen molar-refractivity contribution in [2.45, 2.75) is 195 Å². The minimum atomic E-state index is -1.15. The van der Waals surface area contributed by atoms with Crippen molar-refractivity contribution < 1.29 is 29.0 Å². The highest BCUT2D eigenvalue weighted by Crippen LogP contribution is 2.51. The molecule has 25 heteroatoms. The van der Waals surface area contributed by atoms with Crippen molar-refractivity contribution in [1.29, 1.82) is 0 Å². The molecule has 3 aromatic heterocycles. The quantitative estimate of drug-likeness (QED) is 0.0902. The molecule has 7 N–H and O–H groups in total. The van der Waals surface area contributed by atoms with E-state index in [-0.39, 0.29) is 40.8 Å². The van der Waals surface area contributed by atoms with Crippen LogP contribution < -0.4 is 36.8 Å². The van der Waals surface area contributed by atoms with Crippen LogP contribution in [0.3, 0.4) is 0 Å². The number of anilines is 4. The van der Waals surface area contributed by atoms with Crippen LogP contribution in [-0.4, -0.2) is 122 Å². The van der Waals surface area contributed by atoms with Gasteiger partial charge >= 0.3 is 18.2 Å². The van der Waals surface area contributed by atoms with Crippen molar-refractivity contribution in [3.8, 4) is 33.8 Å². The maximum atomic E-state index is 12.4. The van der Waals surface area contributed by atoms with Crippen LogP contribution in [0.25, 0.3) is 33.8 Å². The lowest BCUT2D eigenvalue weighted by Crippen LogP contribution is -2.51. The molecular formula is C72H91Cl6N13O6. The average Bonchev–Trinajstić information content (AvgIpc) is 1.64. The van der Waals surface area contributed by atoms with E-state index in [2.05, 4.69) is 35.4 Å². The van der Waals surface area contributed by atoms with Crippen LogP contribution >= 0.6 is 69.6 Å². The number of aryl methyl sites for hydroxylation is 4. The maximum absolute atomic E-state index is 12.4. The summed E-state index contributed by atoms with van der Waals surface area (Å²) in [5, 5.41) is 18.9. The number of aromatic carboxylic acids is 1. The first-order valence-corrected chi connectivity index (χ1v) is 36.0. The fourth-order valence-electron chi connectivity index (χ4n) is 15.4. The predicted octanol–water partition coefficient (Wildman–Crippen LogP) is 17.3. The molecule has 3 aromatic carbocycles. The van der Waals surface area contributed by atoms with Gasteiger partial charge < -0.3 is 51.4 Å². The van der Waals surface area contributed by atoms with Gasteiger partial charge in [0.15, 0.2) is 23.1 Å². The van der Waals surface area contributed by atoms with Crippen LogP contribution in [0.1, 0.15) is 171 Å². The van der Waals surface area contributed by atoms with Crippen LogP contribution in [-0.2, 0) is 9.47 Å². The fraction of sp³-hybridized carbons (Fsp3) is 0.542. The molecule has 6 heterocycles. The number of piperidine rings is 3. The minimum Gasteiger partial charge on any atom is -0.476 e. The van der Waals surface area contributed by atoms with Gasteiger partial charge in [-0.15, -0.1) is 0 Å². The highest BCUT2D eigenvalue weighted by Gasteiger charge is 2.49. The number of hydrogen-bond donors (Lipinski definition) is 5. The molecule has 12 rings (SSSR count). The molecule has 97 heavy (non-hydrogen) atoms.